The summed E-state index contributed by atoms with van der Waals surface area (Å²) in [5.41, 5.74) is 1.79. The van der Waals surface area contributed by atoms with Gasteiger partial charge in [0, 0.05) is 17.8 Å². The highest BCUT2D eigenvalue weighted by atomic mass is 32.1. The molecule has 1 aromatic heterocycles. The van der Waals surface area contributed by atoms with Crippen molar-refractivity contribution in [1.29, 1.82) is 5.26 Å². The van der Waals surface area contributed by atoms with Crippen molar-refractivity contribution in [1.82, 2.24) is 0 Å². The first-order valence-corrected chi connectivity index (χ1v) is 7.00. The van der Waals surface area contributed by atoms with Crippen LogP contribution in [0.2, 0.25) is 0 Å². The number of nitro benzene ring substituents is 1. The highest BCUT2D eigenvalue weighted by Crippen LogP contribution is 2.23. The van der Waals surface area contributed by atoms with Gasteiger partial charge in [0.25, 0.3) is 5.69 Å². The molecule has 0 saturated heterocycles. The lowest BCUT2D eigenvalue weighted by molar-refractivity contribution is -0.385. The van der Waals surface area contributed by atoms with Crippen molar-refractivity contribution in [3.8, 4) is 6.07 Å². The van der Waals surface area contributed by atoms with Crippen LogP contribution in [-0.2, 0) is 6.42 Å². The second-order valence-corrected chi connectivity index (χ2v) is 5.26. The molecule has 20 heavy (non-hydrogen) atoms. The predicted octanol–water partition coefficient (Wildman–Crippen LogP) is 3.57. The van der Waals surface area contributed by atoms with Gasteiger partial charge in [-0.3, -0.25) is 10.1 Å². The molecule has 5 nitrogen and oxygen atoms in total. The Labute approximate surface area is 120 Å². The first kappa shape index (κ1) is 14.0. The summed E-state index contributed by atoms with van der Waals surface area (Å²) in [6.07, 6.45) is 0.845. The van der Waals surface area contributed by atoms with E-state index in [1.165, 1.54) is 17.7 Å². The summed E-state index contributed by atoms with van der Waals surface area (Å²) in [5, 5.41) is 27.1. The zero-order valence-corrected chi connectivity index (χ0v) is 11.7. The van der Waals surface area contributed by atoms with E-state index in [1.54, 1.807) is 17.4 Å². The number of nitrogens with zero attached hydrogens (tertiary/aromatic N) is 2. The molecule has 0 saturated carbocycles. The van der Waals surface area contributed by atoms with Crippen molar-refractivity contribution in [2.45, 2.75) is 19.4 Å². The number of rotatable bonds is 5. The molecule has 0 aliphatic carbocycles. The molecular formula is C14H13N3O2S. The van der Waals surface area contributed by atoms with Crippen molar-refractivity contribution in [3.05, 3.63) is 56.3 Å². The van der Waals surface area contributed by atoms with Gasteiger partial charge in [-0.15, -0.1) is 0 Å². The van der Waals surface area contributed by atoms with Gasteiger partial charge in [0.2, 0.25) is 0 Å². The van der Waals surface area contributed by atoms with Crippen LogP contribution in [0.25, 0.3) is 0 Å². The fraction of sp³-hybridized carbons (Fsp3) is 0.214. The third-order valence-electron chi connectivity index (χ3n) is 2.85. The Bertz CT molecular complexity index is 647. The lowest BCUT2D eigenvalue weighted by atomic mass is 10.1. The topological polar surface area (TPSA) is 79.0 Å². The van der Waals surface area contributed by atoms with Crippen LogP contribution >= 0.6 is 11.3 Å². The van der Waals surface area contributed by atoms with Gasteiger partial charge in [0.1, 0.15) is 11.6 Å². The van der Waals surface area contributed by atoms with Gasteiger partial charge in [0.15, 0.2) is 0 Å². The van der Waals surface area contributed by atoms with Crippen LogP contribution < -0.4 is 5.32 Å². The van der Waals surface area contributed by atoms with Crippen LogP contribution in [0.1, 0.15) is 18.1 Å². The van der Waals surface area contributed by atoms with Crippen LogP contribution in [0, 0.1) is 21.4 Å². The number of nitriles is 1. The number of nitrogens with one attached hydrogen (secondary N) is 1. The maximum atomic E-state index is 10.9. The number of hydrogen-bond acceptors (Lipinski definition) is 5. The smallest absolute Gasteiger partial charge is 0.289 e. The second-order valence-electron chi connectivity index (χ2n) is 4.48. The van der Waals surface area contributed by atoms with Crippen molar-refractivity contribution < 1.29 is 4.92 Å². The molecule has 1 N–H and O–H groups in total. The third-order valence-corrected chi connectivity index (χ3v) is 3.58. The lowest BCUT2D eigenvalue weighted by Gasteiger charge is -2.14. The van der Waals surface area contributed by atoms with Crippen molar-refractivity contribution in [2.24, 2.45) is 0 Å². The lowest BCUT2D eigenvalue weighted by Crippen LogP contribution is -2.17. The van der Waals surface area contributed by atoms with Gasteiger partial charge in [-0.2, -0.15) is 16.6 Å². The Balaban J connectivity index is 2.11. The quantitative estimate of drug-likeness (QED) is 0.673. The highest BCUT2D eigenvalue weighted by molar-refractivity contribution is 7.07. The summed E-state index contributed by atoms with van der Waals surface area (Å²) in [4.78, 5) is 10.4. The minimum absolute atomic E-state index is 0.0750. The molecule has 0 aliphatic rings. The average molecular weight is 287 g/mol. The zero-order valence-electron chi connectivity index (χ0n) is 10.9. The van der Waals surface area contributed by atoms with Crippen LogP contribution in [0.5, 0.6) is 0 Å². The van der Waals surface area contributed by atoms with Crippen LogP contribution in [0.3, 0.4) is 0 Å². The molecule has 0 radical (unpaired) electrons. The van der Waals surface area contributed by atoms with E-state index in [-0.39, 0.29) is 17.3 Å². The minimum atomic E-state index is -0.534. The van der Waals surface area contributed by atoms with Crippen LogP contribution in [-0.4, -0.2) is 11.0 Å². The second kappa shape index (κ2) is 6.17. The van der Waals surface area contributed by atoms with Crippen molar-refractivity contribution in [2.75, 3.05) is 5.32 Å². The first-order valence-electron chi connectivity index (χ1n) is 6.06. The summed E-state index contributed by atoms with van der Waals surface area (Å²) in [7, 11) is 0. The van der Waals surface area contributed by atoms with E-state index in [0.29, 0.717) is 5.69 Å². The van der Waals surface area contributed by atoms with Gasteiger partial charge in [-0.05, 0) is 47.9 Å². The summed E-state index contributed by atoms with van der Waals surface area (Å²) in [5.74, 6) is 0. The molecule has 1 atom stereocenters. The van der Waals surface area contributed by atoms with E-state index >= 15 is 0 Å². The molecule has 0 amide bonds. The molecule has 2 rings (SSSR count). The van der Waals surface area contributed by atoms with Gasteiger partial charge < -0.3 is 5.32 Å². The largest absolute Gasteiger partial charge is 0.382 e. The predicted molar refractivity (Wildman–Crippen MR) is 78.9 cm³/mol. The molecule has 102 valence electrons. The van der Waals surface area contributed by atoms with E-state index in [1.807, 2.05) is 18.4 Å². The Morgan fingerprint density at radius 3 is 2.90 bits per heavy atom. The molecule has 0 spiro atoms. The highest BCUT2D eigenvalue weighted by Gasteiger charge is 2.15. The van der Waals surface area contributed by atoms with Crippen molar-refractivity contribution in [3.63, 3.8) is 0 Å². The van der Waals surface area contributed by atoms with E-state index in [0.717, 1.165) is 6.42 Å². The molecule has 6 heteroatoms. The van der Waals surface area contributed by atoms with Gasteiger partial charge in [0.05, 0.1) is 4.92 Å². The van der Waals surface area contributed by atoms with Crippen molar-refractivity contribution >= 4 is 22.7 Å². The first-order chi connectivity index (χ1) is 9.60. The fourth-order valence-electron chi connectivity index (χ4n) is 1.96. The van der Waals surface area contributed by atoms with Crippen LogP contribution in [0.4, 0.5) is 11.4 Å². The Morgan fingerprint density at radius 2 is 2.30 bits per heavy atom. The summed E-state index contributed by atoms with van der Waals surface area (Å²) in [6.45, 7) is 2.02. The maximum absolute atomic E-state index is 10.9. The van der Waals surface area contributed by atoms with E-state index in [2.05, 4.69) is 16.8 Å². The Morgan fingerprint density at radius 1 is 1.50 bits per heavy atom. The molecule has 1 aromatic carbocycles. The molecule has 2 aromatic rings. The molecule has 1 unspecified atom stereocenters. The Hall–Kier alpha value is -2.39. The molecule has 0 aliphatic heterocycles. The Kier molecular flexibility index (Phi) is 4.33. The summed E-state index contributed by atoms with van der Waals surface area (Å²) < 4.78 is 0. The minimum Gasteiger partial charge on any atom is -0.382 e. The van der Waals surface area contributed by atoms with E-state index in [4.69, 9.17) is 5.26 Å². The number of hydrogen-bond donors (Lipinski definition) is 1. The summed E-state index contributed by atoms with van der Waals surface area (Å²) >= 11 is 1.65. The van der Waals surface area contributed by atoms with E-state index < -0.39 is 4.92 Å². The number of nitro groups is 1. The average Bonchev–Trinajstić information content (AvgIpc) is 2.91. The SMILES string of the molecule is CC(Cc1ccsc1)Nc1ccc(C#N)c([N+](=O)[O-])c1. The van der Waals surface area contributed by atoms with Gasteiger partial charge >= 0.3 is 0 Å². The molecule has 0 bridgehead atoms. The zero-order chi connectivity index (χ0) is 14.5. The van der Waals surface area contributed by atoms with Gasteiger partial charge in [-0.1, -0.05) is 0 Å². The number of benzene rings is 1. The molecular weight excluding hydrogens is 274 g/mol. The maximum Gasteiger partial charge on any atom is 0.289 e. The number of thiophene rings is 1. The molecule has 1 heterocycles. The fourth-order valence-corrected chi connectivity index (χ4v) is 2.65. The third kappa shape index (κ3) is 3.33. The molecule has 0 fully saturated rings. The van der Waals surface area contributed by atoms with E-state index in [9.17, 15) is 10.1 Å². The van der Waals surface area contributed by atoms with Gasteiger partial charge in [-0.25, -0.2) is 0 Å². The monoisotopic (exact) mass is 287 g/mol. The standard InChI is InChI=1S/C14H13N3O2S/c1-10(6-11-4-5-20-9-11)16-13-3-2-12(8-15)14(7-13)17(18)19/h2-5,7,9-10,16H,6H2,1H3. The number of anilines is 1. The normalized spacial score (nSPS) is 11.6. The summed E-state index contributed by atoms with van der Waals surface area (Å²) in [6, 6.07) is 8.60. The van der Waals surface area contributed by atoms with Crippen LogP contribution in [0.15, 0.2) is 35.0 Å².